The summed E-state index contributed by atoms with van der Waals surface area (Å²) in [7, 11) is 1.65. The van der Waals surface area contributed by atoms with Gasteiger partial charge in [0, 0.05) is 24.3 Å². The molecule has 5 heteroatoms. The van der Waals surface area contributed by atoms with E-state index >= 15 is 0 Å². The number of nitrogens with two attached hydrogens (primary N) is 1. The first-order valence-corrected chi connectivity index (χ1v) is 7.19. The number of benzene rings is 1. The molecule has 114 valence electrons. The van der Waals surface area contributed by atoms with Crippen molar-refractivity contribution in [3.8, 4) is 11.5 Å². The van der Waals surface area contributed by atoms with E-state index in [1.807, 2.05) is 42.2 Å². The number of methoxy groups -OCH3 is 1. The Hall–Kier alpha value is -2.01. The Bertz CT molecular complexity index is 579. The Morgan fingerprint density at radius 1 is 1.29 bits per heavy atom. The predicted octanol–water partition coefficient (Wildman–Crippen LogP) is 2.38. The summed E-state index contributed by atoms with van der Waals surface area (Å²) in [5, 5.41) is 4.23. The average Bonchev–Trinajstić information content (AvgIpc) is 2.93. The molecule has 0 spiro atoms. The summed E-state index contributed by atoms with van der Waals surface area (Å²) in [5.74, 6) is 1.46. The summed E-state index contributed by atoms with van der Waals surface area (Å²) in [6.07, 6.45) is 4.62. The maximum Gasteiger partial charge on any atom is 0.161 e. The van der Waals surface area contributed by atoms with Crippen LogP contribution in [0, 0.1) is 0 Å². The molecule has 0 amide bonds. The van der Waals surface area contributed by atoms with E-state index in [0.717, 1.165) is 35.6 Å². The number of hydrogen-bond acceptors (Lipinski definition) is 4. The predicted molar refractivity (Wildman–Crippen MR) is 82.6 cm³/mol. The molecule has 0 aliphatic heterocycles. The first-order valence-electron chi connectivity index (χ1n) is 7.19. The minimum absolute atomic E-state index is 0.126. The summed E-state index contributed by atoms with van der Waals surface area (Å²) < 4.78 is 13.1. The van der Waals surface area contributed by atoms with Gasteiger partial charge in [0.05, 0.1) is 13.3 Å². The molecular weight excluding hydrogens is 266 g/mol. The van der Waals surface area contributed by atoms with Gasteiger partial charge in [-0.15, -0.1) is 0 Å². The van der Waals surface area contributed by atoms with Gasteiger partial charge in [0.2, 0.25) is 0 Å². The third-order valence-electron chi connectivity index (χ3n) is 3.19. The van der Waals surface area contributed by atoms with Crippen LogP contribution in [0.3, 0.4) is 0 Å². The molecule has 1 aromatic heterocycles. The topological polar surface area (TPSA) is 62.3 Å². The second-order valence-corrected chi connectivity index (χ2v) is 5.16. The second-order valence-electron chi connectivity index (χ2n) is 5.16. The highest BCUT2D eigenvalue weighted by atomic mass is 16.5. The van der Waals surface area contributed by atoms with Gasteiger partial charge in [-0.1, -0.05) is 6.07 Å². The minimum Gasteiger partial charge on any atom is -0.493 e. The Labute approximate surface area is 125 Å². The number of rotatable bonds is 7. The highest BCUT2D eigenvalue weighted by Crippen LogP contribution is 2.29. The Balaban J connectivity index is 2.05. The Morgan fingerprint density at radius 2 is 2.10 bits per heavy atom. The van der Waals surface area contributed by atoms with Crippen LogP contribution < -0.4 is 15.2 Å². The zero-order valence-electron chi connectivity index (χ0n) is 12.9. The zero-order valence-corrected chi connectivity index (χ0v) is 12.9. The van der Waals surface area contributed by atoms with E-state index in [1.54, 1.807) is 7.11 Å². The van der Waals surface area contributed by atoms with Crippen molar-refractivity contribution in [1.82, 2.24) is 9.78 Å². The highest BCUT2D eigenvalue weighted by Gasteiger charge is 2.08. The number of hydrogen-bond donors (Lipinski definition) is 1. The molecule has 0 radical (unpaired) electrons. The number of nitrogens with zero attached hydrogens (tertiary/aromatic N) is 2. The van der Waals surface area contributed by atoms with E-state index in [2.05, 4.69) is 12.0 Å². The largest absolute Gasteiger partial charge is 0.493 e. The minimum atomic E-state index is 0.126. The lowest BCUT2D eigenvalue weighted by molar-refractivity contribution is 0.284. The van der Waals surface area contributed by atoms with Crippen LogP contribution in [-0.2, 0) is 19.6 Å². The van der Waals surface area contributed by atoms with Crippen LogP contribution in [0.2, 0.25) is 0 Å². The molecule has 0 saturated heterocycles. The molecule has 0 saturated carbocycles. The van der Waals surface area contributed by atoms with Crippen molar-refractivity contribution < 1.29 is 9.47 Å². The van der Waals surface area contributed by atoms with Crippen molar-refractivity contribution in [3.63, 3.8) is 0 Å². The van der Waals surface area contributed by atoms with Crippen molar-refractivity contribution in [2.24, 2.45) is 5.73 Å². The summed E-state index contributed by atoms with van der Waals surface area (Å²) in [6.45, 7) is 5.37. The Kier molecular flexibility index (Phi) is 5.22. The lowest BCUT2D eigenvalue weighted by Crippen LogP contribution is -2.17. The number of aromatic nitrogens is 2. The molecule has 0 fully saturated rings. The zero-order chi connectivity index (χ0) is 15.2. The van der Waals surface area contributed by atoms with E-state index in [9.17, 15) is 0 Å². The van der Waals surface area contributed by atoms with Gasteiger partial charge in [0.1, 0.15) is 6.61 Å². The maximum absolute atomic E-state index is 5.82. The lowest BCUT2D eigenvalue weighted by Gasteiger charge is -2.12. The summed E-state index contributed by atoms with van der Waals surface area (Å²) in [5.41, 5.74) is 8.01. The van der Waals surface area contributed by atoms with Gasteiger partial charge in [-0.3, -0.25) is 4.68 Å². The van der Waals surface area contributed by atoms with Crippen molar-refractivity contribution in [3.05, 3.63) is 41.7 Å². The maximum atomic E-state index is 5.82. The molecule has 0 aliphatic carbocycles. The quantitative estimate of drug-likeness (QED) is 0.850. The number of ether oxygens (including phenoxy) is 2. The molecule has 1 atom stereocenters. The fraction of sp³-hybridized carbons (Fsp3) is 0.438. The molecule has 2 N–H and O–H groups in total. The molecule has 0 aliphatic rings. The fourth-order valence-corrected chi connectivity index (χ4v) is 2.14. The summed E-state index contributed by atoms with van der Waals surface area (Å²) >= 11 is 0. The third-order valence-corrected chi connectivity index (χ3v) is 3.19. The monoisotopic (exact) mass is 289 g/mol. The van der Waals surface area contributed by atoms with Crippen molar-refractivity contribution in [2.75, 3.05) is 7.11 Å². The molecule has 1 aromatic carbocycles. The van der Waals surface area contributed by atoms with E-state index < -0.39 is 0 Å². The highest BCUT2D eigenvalue weighted by molar-refractivity contribution is 5.43. The van der Waals surface area contributed by atoms with E-state index in [1.165, 1.54) is 0 Å². The fourth-order valence-electron chi connectivity index (χ4n) is 2.14. The molecule has 0 bridgehead atoms. The smallest absolute Gasteiger partial charge is 0.161 e. The van der Waals surface area contributed by atoms with Crippen LogP contribution in [0.1, 0.15) is 25.0 Å². The third kappa shape index (κ3) is 4.23. The standard InChI is InChI=1S/C16H23N3O2/c1-4-19-10-14(9-18-19)11-21-15-6-5-13(7-12(2)17)8-16(15)20-3/h5-6,8-10,12H,4,7,11,17H2,1-3H3. The van der Waals surface area contributed by atoms with Gasteiger partial charge in [-0.2, -0.15) is 5.10 Å². The molecule has 21 heavy (non-hydrogen) atoms. The molecular formula is C16H23N3O2. The van der Waals surface area contributed by atoms with Crippen LogP contribution >= 0.6 is 0 Å². The van der Waals surface area contributed by atoms with Gasteiger partial charge >= 0.3 is 0 Å². The van der Waals surface area contributed by atoms with Crippen LogP contribution in [0.4, 0.5) is 0 Å². The van der Waals surface area contributed by atoms with Gasteiger partial charge in [0.25, 0.3) is 0 Å². The molecule has 1 heterocycles. The molecule has 2 rings (SSSR count). The van der Waals surface area contributed by atoms with E-state index in [0.29, 0.717) is 6.61 Å². The first-order chi connectivity index (χ1) is 10.1. The summed E-state index contributed by atoms with van der Waals surface area (Å²) in [6, 6.07) is 6.06. The second kappa shape index (κ2) is 7.13. The molecule has 5 nitrogen and oxygen atoms in total. The molecule has 1 unspecified atom stereocenters. The van der Waals surface area contributed by atoms with Crippen LogP contribution in [0.25, 0.3) is 0 Å². The normalized spacial score (nSPS) is 12.2. The van der Waals surface area contributed by atoms with Gasteiger partial charge in [-0.05, 0) is 38.0 Å². The van der Waals surface area contributed by atoms with Gasteiger partial charge in [-0.25, -0.2) is 0 Å². The van der Waals surface area contributed by atoms with Crippen LogP contribution in [0.15, 0.2) is 30.6 Å². The lowest BCUT2D eigenvalue weighted by atomic mass is 10.1. The average molecular weight is 289 g/mol. The SMILES string of the molecule is CCn1cc(COc2ccc(CC(C)N)cc2OC)cn1. The van der Waals surface area contributed by atoms with Gasteiger partial charge < -0.3 is 15.2 Å². The Morgan fingerprint density at radius 3 is 2.71 bits per heavy atom. The van der Waals surface area contributed by atoms with Crippen molar-refractivity contribution in [1.29, 1.82) is 0 Å². The van der Waals surface area contributed by atoms with Crippen molar-refractivity contribution in [2.45, 2.75) is 39.5 Å². The number of aryl methyl sites for hydroxylation is 1. The van der Waals surface area contributed by atoms with E-state index in [-0.39, 0.29) is 6.04 Å². The summed E-state index contributed by atoms with van der Waals surface area (Å²) in [4.78, 5) is 0. The van der Waals surface area contributed by atoms with Crippen molar-refractivity contribution >= 4 is 0 Å². The first kappa shape index (κ1) is 15.4. The van der Waals surface area contributed by atoms with E-state index in [4.69, 9.17) is 15.2 Å². The van der Waals surface area contributed by atoms with Crippen LogP contribution in [-0.4, -0.2) is 22.9 Å². The van der Waals surface area contributed by atoms with Gasteiger partial charge in [0.15, 0.2) is 11.5 Å². The molecule has 2 aromatic rings. The van der Waals surface area contributed by atoms with Crippen LogP contribution in [0.5, 0.6) is 11.5 Å².